The molecule has 0 spiro atoms. The van der Waals surface area contributed by atoms with Gasteiger partial charge in [0.05, 0.1) is 5.69 Å². The molecular formula is C15H13NO6. The summed E-state index contributed by atoms with van der Waals surface area (Å²) in [7, 11) is 0. The molecule has 1 aromatic carbocycles. The monoisotopic (exact) mass is 303 g/mol. The largest absolute Gasteiger partial charge is 0.486 e. The standard InChI is InChI=1S/C15H13NO6/c1-9-6-14(22-16-9)15(18)21-8-11(17)10-2-3-12-13(7-10)20-5-4-19-12/h2-3,6-7H,4-5,8H2,1H3. The minimum Gasteiger partial charge on any atom is -0.486 e. The van der Waals surface area contributed by atoms with E-state index in [2.05, 4.69) is 5.16 Å². The van der Waals surface area contributed by atoms with E-state index >= 15 is 0 Å². The molecule has 0 unspecified atom stereocenters. The maximum absolute atomic E-state index is 12.1. The Balaban J connectivity index is 1.63. The molecule has 1 aromatic heterocycles. The van der Waals surface area contributed by atoms with E-state index in [1.54, 1.807) is 25.1 Å². The smallest absolute Gasteiger partial charge is 0.377 e. The summed E-state index contributed by atoms with van der Waals surface area (Å²) in [5.74, 6) is -0.00764. The second-order valence-corrected chi connectivity index (χ2v) is 4.69. The van der Waals surface area contributed by atoms with Crippen LogP contribution in [0.25, 0.3) is 0 Å². The second kappa shape index (κ2) is 5.88. The first-order chi connectivity index (χ1) is 10.6. The third-order valence-electron chi connectivity index (χ3n) is 3.03. The van der Waals surface area contributed by atoms with Crippen molar-refractivity contribution in [1.82, 2.24) is 5.16 Å². The van der Waals surface area contributed by atoms with Gasteiger partial charge in [-0.3, -0.25) is 4.79 Å². The van der Waals surface area contributed by atoms with Crippen molar-refractivity contribution in [3.63, 3.8) is 0 Å². The molecule has 1 aliphatic heterocycles. The highest BCUT2D eigenvalue weighted by Gasteiger charge is 2.18. The van der Waals surface area contributed by atoms with Crippen LogP contribution >= 0.6 is 0 Å². The number of nitrogens with zero attached hydrogens (tertiary/aromatic N) is 1. The molecule has 2 aromatic rings. The van der Waals surface area contributed by atoms with Crippen LogP contribution in [0.15, 0.2) is 28.8 Å². The van der Waals surface area contributed by atoms with Crippen LogP contribution in [0.2, 0.25) is 0 Å². The Labute approximate surface area is 125 Å². The number of ether oxygens (including phenoxy) is 3. The van der Waals surface area contributed by atoms with Crippen LogP contribution in [0, 0.1) is 6.92 Å². The number of carbonyl (C=O) groups excluding carboxylic acids is 2. The van der Waals surface area contributed by atoms with Gasteiger partial charge in [0.2, 0.25) is 5.76 Å². The Morgan fingerprint density at radius 3 is 2.68 bits per heavy atom. The van der Waals surface area contributed by atoms with Gasteiger partial charge < -0.3 is 18.7 Å². The summed E-state index contributed by atoms with van der Waals surface area (Å²) >= 11 is 0. The summed E-state index contributed by atoms with van der Waals surface area (Å²) in [5, 5.41) is 3.58. The second-order valence-electron chi connectivity index (χ2n) is 4.69. The number of aryl methyl sites for hydroxylation is 1. The molecule has 1 aliphatic rings. The van der Waals surface area contributed by atoms with Crippen molar-refractivity contribution in [2.24, 2.45) is 0 Å². The SMILES string of the molecule is Cc1cc(C(=O)OCC(=O)c2ccc3c(c2)OCCO3)on1. The number of fused-ring (bicyclic) bond motifs is 1. The fourth-order valence-corrected chi connectivity index (χ4v) is 1.96. The van der Waals surface area contributed by atoms with Gasteiger partial charge in [-0.2, -0.15) is 0 Å². The lowest BCUT2D eigenvalue weighted by Crippen LogP contribution is -2.17. The number of benzene rings is 1. The van der Waals surface area contributed by atoms with Gasteiger partial charge in [-0.25, -0.2) is 4.79 Å². The van der Waals surface area contributed by atoms with E-state index in [1.165, 1.54) is 6.07 Å². The van der Waals surface area contributed by atoms with Crippen LogP contribution in [0.5, 0.6) is 11.5 Å². The molecule has 0 radical (unpaired) electrons. The van der Waals surface area contributed by atoms with Crippen LogP contribution < -0.4 is 9.47 Å². The quantitative estimate of drug-likeness (QED) is 0.628. The molecule has 0 bridgehead atoms. The van der Waals surface area contributed by atoms with E-state index in [9.17, 15) is 9.59 Å². The van der Waals surface area contributed by atoms with E-state index < -0.39 is 12.6 Å². The Hall–Kier alpha value is -2.83. The van der Waals surface area contributed by atoms with Crippen LogP contribution in [-0.4, -0.2) is 36.7 Å². The Kier molecular flexibility index (Phi) is 3.78. The van der Waals surface area contributed by atoms with Crippen LogP contribution in [0.4, 0.5) is 0 Å². The molecule has 0 aliphatic carbocycles. The number of aromatic nitrogens is 1. The van der Waals surface area contributed by atoms with E-state index in [1.807, 2.05) is 0 Å². The number of esters is 1. The number of Topliss-reactive ketones (excluding diaryl/α,β-unsaturated/α-hetero) is 1. The Morgan fingerprint density at radius 1 is 1.18 bits per heavy atom. The maximum atomic E-state index is 12.1. The Morgan fingerprint density at radius 2 is 1.95 bits per heavy atom. The maximum Gasteiger partial charge on any atom is 0.377 e. The lowest BCUT2D eigenvalue weighted by atomic mass is 10.1. The van der Waals surface area contributed by atoms with Crippen LogP contribution in [-0.2, 0) is 4.74 Å². The number of hydrogen-bond acceptors (Lipinski definition) is 7. The zero-order chi connectivity index (χ0) is 15.5. The molecule has 0 saturated carbocycles. The van der Waals surface area contributed by atoms with Gasteiger partial charge in [0.1, 0.15) is 13.2 Å². The highest BCUT2D eigenvalue weighted by molar-refractivity contribution is 5.99. The van der Waals surface area contributed by atoms with Crippen molar-refractivity contribution in [2.45, 2.75) is 6.92 Å². The molecule has 3 rings (SSSR count). The summed E-state index contributed by atoms with van der Waals surface area (Å²) in [6, 6.07) is 6.27. The molecule has 7 heteroatoms. The molecule has 0 atom stereocenters. The molecular weight excluding hydrogens is 290 g/mol. The summed E-state index contributed by atoms with van der Waals surface area (Å²) in [6.45, 7) is 2.21. The van der Waals surface area contributed by atoms with Crippen molar-refractivity contribution in [2.75, 3.05) is 19.8 Å². The third kappa shape index (κ3) is 2.93. The molecule has 0 saturated heterocycles. The van der Waals surface area contributed by atoms with Crippen molar-refractivity contribution < 1.29 is 28.3 Å². The van der Waals surface area contributed by atoms with Crippen molar-refractivity contribution >= 4 is 11.8 Å². The van der Waals surface area contributed by atoms with Gasteiger partial charge in [0.25, 0.3) is 0 Å². The van der Waals surface area contributed by atoms with Crippen molar-refractivity contribution in [3.8, 4) is 11.5 Å². The van der Waals surface area contributed by atoms with Crippen molar-refractivity contribution in [3.05, 3.63) is 41.3 Å². The van der Waals surface area contributed by atoms with Gasteiger partial charge >= 0.3 is 5.97 Å². The minimum atomic E-state index is -0.730. The van der Waals surface area contributed by atoms with Gasteiger partial charge in [-0.1, -0.05) is 5.16 Å². The normalized spacial score (nSPS) is 12.8. The first-order valence-electron chi connectivity index (χ1n) is 6.67. The fourth-order valence-electron chi connectivity index (χ4n) is 1.96. The lowest BCUT2D eigenvalue weighted by Gasteiger charge is -2.18. The summed E-state index contributed by atoms with van der Waals surface area (Å²) < 4.78 is 20.5. The highest BCUT2D eigenvalue weighted by Crippen LogP contribution is 2.30. The predicted octanol–water partition coefficient (Wildman–Crippen LogP) is 1.79. The number of ketones is 1. The molecule has 22 heavy (non-hydrogen) atoms. The molecule has 0 fully saturated rings. The molecule has 0 amide bonds. The third-order valence-corrected chi connectivity index (χ3v) is 3.03. The topological polar surface area (TPSA) is 87.9 Å². The van der Waals surface area contributed by atoms with E-state index in [0.29, 0.717) is 36.0 Å². The van der Waals surface area contributed by atoms with Crippen LogP contribution in [0.1, 0.15) is 26.6 Å². The molecule has 7 nitrogen and oxygen atoms in total. The molecule has 0 N–H and O–H groups in total. The Bertz CT molecular complexity index is 721. The van der Waals surface area contributed by atoms with Crippen molar-refractivity contribution in [1.29, 1.82) is 0 Å². The highest BCUT2D eigenvalue weighted by atomic mass is 16.6. The average molecular weight is 303 g/mol. The predicted molar refractivity (Wildman–Crippen MR) is 73.3 cm³/mol. The average Bonchev–Trinajstić information content (AvgIpc) is 2.98. The van der Waals surface area contributed by atoms with E-state index in [-0.39, 0.29) is 11.5 Å². The van der Waals surface area contributed by atoms with Gasteiger partial charge in [0.15, 0.2) is 23.9 Å². The van der Waals surface area contributed by atoms with E-state index in [0.717, 1.165) is 0 Å². The lowest BCUT2D eigenvalue weighted by molar-refractivity contribution is 0.0435. The fraction of sp³-hybridized carbons (Fsp3) is 0.267. The summed E-state index contributed by atoms with van der Waals surface area (Å²) in [5.41, 5.74) is 0.941. The number of carbonyl (C=O) groups is 2. The zero-order valence-electron chi connectivity index (χ0n) is 11.8. The summed E-state index contributed by atoms with van der Waals surface area (Å²) in [4.78, 5) is 23.7. The van der Waals surface area contributed by atoms with Gasteiger partial charge in [-0.15, -0.1) is 0 Å². The molecule has 114 valence electrons. The molecule has 2 heterocycles. The minimum absolute atomic E-state index is 0.0347. The van der Waals surface area contributed by atoms with Gasteiger partial charge in [-0.05, 0) is 25.1 Å². The zero-order valence-corrected chi connectivity index (χ0v) is 11.8. The summed E-state index contributed by atoms with van der Waals surface area (Å²) in [6.07, 6.45) is 0. The van der Waals surface area contributed by atoms with E-state index in [4.69, 9.17) is 18.7 Å². The first kappa shape index (κ1) is 14.1. The van der Waals surface area contributed by atoms with Crippen LogP contribution in [0.3, 0.4) is 0 Å². The number of rotatable bonds is 4. The number of hydrogen-bond donors (Lipinski definition) is 0. The van der Waals surface area contributed by atoms with Gasteiger partial charge in [0, 0.05) is 11.6 Å². The first-order valence-corrected chi connectivity index (χ1v) is 6.67.